The minimum absolute atomic E-state index is 0.00734. The molecule has 2 rings (SSSR count). The zero-order chi connectivity index (χ0) is 13.7. The fourth-order valence-electron chi connectivity index (χ4n) is 2.47. The Morgan fingerprint density at radius 1 is 1.42 bits per heavy atom. The standard InChI is InChI=1S/C15H20BrFN2/c16-14-6-5-12(17)9-13(14)15(10-18)19-8-7-11-3-1-2-4-11/h3,5-6,9,15,19H,1-2,4,7-8,10,18H2. The van der Waals surface area contributed by atoms with Gasteiger partial charge in [-0.25, -0.2) is 4.39 Å². The number of benzene rings is 1. The first-order chi connectivity index (χ1) is 9.20. The molecule has 0 spiro atoms. The lowest BCUT2D eigenvalue weighted by molar-refractivity contribution is 0.534. The predicted octanol–water partition coefficient (Wildman–Crippen LogP) is 3.68. The number of allylic oxidation sites excluding steroid dienone is 1. The Bertz CT molecular complexity index is 459. The van der Waals surface area contributed by atoms with Crippen LogP contribution in [0.15, 0.2) is 34.3 Å². The predicted molar refractivity (Wildman–Crippen MR) is 80.4 cm³/mol. The molecule has 0 fully saturated rings. The average Bonchev–Trinajstić information content (AvgIpc) is 2.91. The zero-order valence-corrected chi connectivity index (χ0v) is 12.5. The molecule has 0 saturated carbocycles. The highest BCUT2D eigenvalue weighted by atomic mass is 79.9. The van der Waals surface area contributed by atoms with Gasteiger partial charge in [-0.1, -0.05) is 27.6 Å². The molecule has 0 heterocycles. The summed E-state index contributed by atoms with van der Waals surface area (Å²) in [4.78, 5) is 0. The van der Waals surface area contributed by atoms with Gasteiger partial charge in [-0.05, 0) is 56.0 Å². The van der Waals surface area contributed by atoms with Crippen LogP contribution in [0.3, 0.4) is 0 Å². The Morgan fingerprint density at radius 2 is 2.26 bits per heavy atom. The van der Waals surface area contributed by atoms with E-state index < -0.39 is 0 Å². The van der Waals surface area contributed by atoms with Crippen LogP contribution < -0.4 is 11.1 Å². The molecule has 1 aliphatic carbocycles. The molecule has 3 N–H and O–H groups in total. The molecular weight excluding hydrogens is 307 g/mol. The van der Waals surface area contributed by atoms with Crippen molar-refractivity contribution in [1.82, 2.24) is 5.32 Å². The summed E-state index contributed by atoms with van der Waals surface area (Å²) in [7, 11) is 0. The van der Waals surface area contributed by atoms with Crippen LogP contribution >= 0.6 is 15.9 Å². The van der Waals surface area contributed by atoms with Crippen LogP contribution in [0.1, 0.15) is 37.3 Å². The fourth-order valence-corrected chi connectivity index (χ4v) is 3.00. The highest BCUT2D eigenvalue weighted by molar-refractivity contribution is 9.10. The third-order valence-corrected chi connectivity index (χ3v) is 4.26. The van der Waals surface area contributed by atoms with Crippen molar-refractivity contribution in [3.63, 3.8) is 0 Å². The van der Waals surface area contributed by atoms with Crippen LogP contribution in [0.4, 0.5) is 4.39 Å². The van der Waals surface area contributed by atoms with Crippen molar-refractivity contribution in [3.05, 3.63) is 45.7 Å². The van der Waals surface area contributed by atoms with E-state index in [1.54, 1.807) is 12.1 Å². The number of nitrogens with two attached hydrogens (primary N) is 1. The minimum Gasteiger partial charge on any atom is -0.329 e. The van der Waals surface area contributed by atoms with E-state index in [4.69, 9.17) is 5.73 Å². The van der Waals surface area contributed by atoms with Crippen molar-refractivity contribution >= 4 is 15.9 Å². The van der Waals surface area contributed by atoms with Gasteiger partial charge in [0.2, 0.25) is 0 Å². The Balaban J connectivity index is 1.93. The first kappa shape index (κ1) is 14.7. The van der Waals surface area contributed by atoms with Crippen LogP contribution in [0.25, 0.3) is 0 Å². The van der Waals surface area contributed by atoms with E-state index >= 15 is 0 Å². The highest BCUT2D eigenvalue weighted by Gasteiger charge is 2.14. The molecule has 0 amide bonds. The van der Waals surface area contributed by atoms with E-state index in [1.807, 2.05) is 0 Å². The topological polar surface area (TPSA) is 38.0 Å². The number of halogens is 2. The summed E-state index contributed by atoms with van der Waals surface area (Å²) >= 11 is 3.46. The monoisotopic (exact) mass is 326 g/mol. The Labute approximate surface area is 122 Å². The third-order valence-electron chi connectivity index (χ3n) is 3.54. The molecule has 2 nitrogen and oxygen atoms in total. The van der Waals surface area contributed by atoms with E-state index in [0.717, 1.165) is 23.0 Å². The largest absolute Gasteiger partial charge is 0.329 e. The van der Waals surface area contributed by atoms with Crippen molar-refractivity contribution in [2.24, 2.45) is 5.73 Å². The quantitative estimate of drug-likeness (QED) is 0.782. The lowest BCUT2D eigenvalue weighted by Crippen LogP contribution is -2.29. The molecule has 104 valence electrons. The van der Waals surface area contributed by atoms with Crippen molar-refractivity contribution in [2.45, 2.75) is 31.7 Å². The van der Waals surface area contributed by atoms with Gasteiger partial charge in [0.05, 0.1) is 0 Å². The van der Waals surface area contributed by atoms with E-state index in [-0.39, 0.29) is 11.9 Å². The molecule has 0 aromatic heterocycles. The van der Waals surface area contributed by atoms with E-state index in [2.05, 4.69) is 27.3 Å². The molecule has 1 aromatic rings. The van der Waals surface area contributed by atoms with Crippen LogP contribution in [-0.4, -0.2) is 13.1 Å². The molecule has 4 heteroatoms. The maximum Gasteiger partial charge on any atom is 0.123 e. The first-order valence-corrected chi connectivity index (χ1v) is 7.56. The van der Waals surface area contributed by atoms with Crippen LogP contribution in [-0.2, 0) is 0 Å². The van der Waals surface area contributed by atoms with E-state index in [1.165, 1.54) is 30.9 Å². The molecular formula is C15H20BrFN2. The molecule has 0 saturated heterocycles. The summed E-state index contributed by atoms with van der Waals surface area (Å²) in [6.45, 7) is 1.34. The van der Waals surface area contributed by atoms with Crippen molar-refractivity contribution in [1.29, 1.82) is 0 Å². The molecule has 1 unspecified atom stereocenters. The number of rotatable bonds is 6. The van der Waals surface area contributed by atoms with Gasteiger partial charge < -0.3 is 11.1 Å². The second kappa shape index (κ2) is 7.17. The summed E-state index contributed by atoms with van der Waals surface area (Å²) in [5.74, 6) is -0.225. The smallest absolute Gasteiger partial charge is 0.123 e. The lowest BCUT2D eigenvalue weighted by Gasteiger charge is -2.19. The van der Waals surface area contributed by atoms with Gasteiger partial charge in [-0.2, -0.15) is 0 Å². The summed E-state index contributed by atoms with van der Waals surface area (Å²) in [6.07, 6.45) is 7.11. The molecule has 19 heavy (non-hydrogen) atoms. The lowest BCUT2D eigenvalue weighted by atomic mass is 10.1. The van der Waals surface area contributed by atoms with E-state index in [0.29, 0.717) is 6.54 Å². The molecule has 1 atom stereocenters. The van der Waals surface area contributed by atoms with Gasteiger partial charge in [0.25, 0.3) is 0 Å². The molecule has 1 aromatic carbocycles. The van der Waals surface area contributed by atoms with Gasteiger partial charge in [0.1, 0.15) is 5.82 Å². The maximum absolute atomic E-state index is 13.3. The summed E-state index contributed by atoms with van der Waals surface area (Å²) in [5.41, 5.74) is 8.22. The first-order valence-electron chi connectivity index (χ1n) is 6.77. The summed E-state index contributed by atoms with van der Waals surface area (Å²) in [5, 5.41) is 3.42. The zero-order valence-electron chi connectivity index (χ0n) is 11.0. The Kier molecular flexibility index (Phi) is 5.55. The fraction of sp³-hybridized carbons (Fsp3) is 0.467. The van der Waals surface area contributed by atoms with Gasteiger partial charge in [-0.3, -0.25) is 0 Å². The summed E-state index contributed by atoms with van der Waals surface area (Å²) in [6, 6.07) is 4.72. The molecule has 0 bridgehead atoms. The molecule has 0 radical (unpaired) electrons. The van der Waals surface area contributed by atoms with Crippen molar-refractivity contribution in [2.75, 3.05) is 13.1 Å². The Hall–Kier alpha value is -0.710. The SMILES string of the molecule is NCC(NCCC1=CCCC1)c1cc(F)ccc1Br. The van der Waals surface area contributed by atoms with Gasteiger partial charge in [0.15, 0.2) is 0 Å². The van der Waals surface area contributed by atoms with Gasteiger partial charge >= 0.3 is 0 Å². The number of hydrogen-bond acceptors (Lipinski definition) is 2. The number of hydrogen-bond donors (Lipinski definition) is 2. The Morgan fingerprint density at radius 3 is 2.95 bits per heavy atom. The van der Waals surface area contributed by atoms with Gasteiger partial charge in [-0.15, -0.1) is 0 Å². The third kappa shape index (κ3) is 4.13. The van der Waals surface area contributed by atoms with Crippen LogP contribution in [0.5, 0.6) is 0 Å². The second-order valence-corrected chi connectivity index (χ2v) is 5.77. The van der Waals surface area contributed by atoms with E-state index in [9.17, 15) is 4.39 Å². The van der Waals surface area contributed by atoms with Gasteiger partial charge in [0, 0.05) is 17.1 Å². The molecule has 0 aliphatic heterocycles. The normalized spacial score (nSPS) is 16.5. The maximum atomic E-state index is 13.3. The minimum atomic E-state index is -0.225. The van der Waals surface area contributed by atoms with Crippen LogP contribution in [0, 0.1) is 5.82 Å². The average molecular weight is 327 g/mol. The summed E-state index contributed by atoms with van der Waals surface area (Å²) < 4.78 is 14.2. The second-order valence-electron chi connectivity index (χ2n) is 4.91. The van der Waals surface area contributed by atoms with Crippen molar-refractivity contribution < 1.29 is 4.39 Å². The van der Waals surface area contributed by atoms with Crippen molar-refractivity contribution in [3.8, 4) is 0 Å². The number of nitrogens with one attached hydrogen (secondary N) is 1. The molecule has 1 aliphatic rings. The highest BCUT2D eigenvalue weighted by Crippen LogP contribution is 2.25. The van der Waals surface area contributed by atoms with Crippen LogP contribution in [0.2, 0.25) is 0 Å².